The number of aryl methyl sites for hydroxylation is 2. The molecule has 0 spiro atoms. The van der Waals surface area contributed by atoms with E-state index in [0.29, 0.717) is 12.1 Å². The number of aromatic nitrogens is 2. The molecule has 3 rings (SSSR count). The van der Waals surface area contributed by atoms with E-state index in [-0.39, 0.29) is 11.3 Å². The fraction of sp³-hybridized carbons (Fsp3) is 0.143. The number of hydrogen-bond donors (Lipinski definition) is 2. The molecular weight excluding hydrogens is 276 g/mol. The summed E-state index contributed by atoms with van der Waals surface area (Å²) < 4.78 is 1.64. The Morgan fingerprint density at radius 3 is 2.90 bits per heavy atom. The molecule has 0 aliphatic rings. The normalized spacial score (nSPS) is 11.0. The Morgan fingerprint density at radius 2 is 2.20 bits per heavy atom. The van der Waals surface area contributed by atoms with E-state index in [4.69, 9.17) is 5.11 Å². The summed E-state index contributed by atoms with van der Waals surface area (Å²) in [5.74, 6) is -1.00. The van der Waals surface area contributed by atoms with Gasteiger partial charge in [0, 0.05) is 6.54 Å². The molecule has 0 aliphatic carbocycles. The van der Waals surface area contributed by atoms with Crippen LogP contribution in [0, 0.1) is 0 Å². The number of carboxylic acid groups (broad SMARTS) is 1. The zero-order valence-electron chi connectivity index (χ0n) is 10.5. The highest BCUT2D eigenvalue weighted by Gasteiger charge is 2.10. The predicted molar refractivity (Wildman–Crippen MR) is 77.5 cm³/mol. The zero-order chi connectivity index (χ0) is 14.1. The number of carbonyl (C=O) groups is 1. The van der Waals surface area contributed by atoms with Crippen LogP contribution in [-0.2, 0) is 13.0 Å². The van der Waals surface area contributed by atoms with Crippen molar-refractivity contribution in [2.24, 2.45) is 0 Å². The van der Waals surface area contributed by atoms with Crippen LogP contribution in [0.15, 0.2) is 39.8 Å². The SMILES string of the molecule is O=C(O)c1ccc2c(c1)[nH]c(=O)n2CCc1ccsc1. The Bertz CT molecular complexity index is 815. The lowest BCUT2D eigenvalue weighted by Crippen LogP contribution is -2.17. The lowest BCUT2D eigenvalue weighted by molar-refractivity contribution is 0.0697. The molecule has 102 valence electrons. The maximum atomic E-state index is 11.9. The molecule has 6 heteroatoms. The highest BCUT2D eigenvalue weighted by molar-refractivity contribution is 7.07. The van der Waals surface area contributed by atoms with Gasteiger partial charge in [0.05, 0.1) is 16.6 Å². The average Bonchev–Trinajstić information content (AvgIpc) is 3.02. The number of aromatic carboxylic acids is 1. The van der Waals surface area contributed by atoms with Gasteiger partial charge in [-0.2, -0.15) is 11.3 Å². The summed E-state index contributed by atoms with van der Waals surface area (Å²) in [6, 6.07) is 6.70. The molecule has 0 saturated carbocycles. The molecule has 0 aliphatic heterocycles. The number of rotatable bonds is 4. The minimum atomic E-state index is -1.00. The number of fused-ring (bicyclic) bond motifs is 1. The van der Waals surface area contributed by atoms with Gasteiger partial charge < -0.3 is 10.1 Å². The lowest BCUT2D eigenvalue weighted by Gasteiger charge is -2.02. The van der Waals surface area contributed by atoms with Gasteiger partial charge in [0.1, 0.15) is 0 Å². The minimum absolute atomic E-state index is 0.170. The quantitative estimate of drug-likeness (QED) is 0.773. The summed E-state index contributed by atoms with van der Waals surface area (Å²) >= 11 is 1.63. The second-order valence-corrected chi connectivity index (χ2v) is 5.28. The smallest absolute Gasteiger partial charge is 0.335 e. The molecule has 0 saturated heterocycles. The fourth-order valence-corrected chi connectivity index (χ4v) is 2.90. The van der Waals surface area contributed by atoms with Crippen LogP contribution in [0.3, 0.4) is 0 Å². The third-order valence-electron chi connectivity index (χ3n) is 3.23. The van der Waals surface area contributed by atoms with Gasteiger partial charge in [-0.25, -0.2) is 9.59 Å². The van der Waals surface area contributed by atoms with Crippen LogP contribution in [0.1, 0.15) is 15.9 Å². The molecule has 0 amide bonds. The number of hydrogen-bond acceptors (Lipinski definition) is 3. The van der Waals surface area contributed by atoms with E-state index in [2.05, 4.69) is 10.4 Å². The zero-order valence-corrected chi connectivity index (χ0v) is 11.3. The van der Waals surface area contributed by atoms with Crippen molar-refractivity contribution in [1.82, 2.24) is 9.55 Å². The van der Waals surface area contributed by atoms with Crippen LogP contribution >= 0.6 is 11.3 Å². The first-order valence-electron chi connectivity index (χ1n) is 6.12. The Kier molecular flexibility index (Phi) is 3.15. The van der Waals surface area contributed by atoms with Crippen LogP contribution in [-0.4, -0.2) is 20.6 Å². The number of thiophene rings is 1. The molecule has 1 aromatic carbocycles. The Morgan fingerprint density at radius 1 is 1.35 bits per heavy atom. The third kappa shape index (κ3) is 2.25. The summed E-state index contributed by atoms with van der Waals surface area (Å²) in [7, 11) is 0. The van der Waals surface area contributed by atoms with Gasteiger partial charge in [-0.15, -0.1) is 0 Å². The van der Waals surface area contributed by atoms with Crippen LogP contribution in [0.4, 0.5) is 0 Å². The van der Waals surface area contributed by atoms with Gasteiger partial charge in [0.2, 0.25) is 0 Å². The molecule has 0 radical (unpaired) electrons. The predicted octanol–water partition coefficient (Wildman–Crippen LogP) is 2.33. The Labute approximate surface area is 118 Å². The van der Waals surface area contributed by atoms with Gasteiger partial charge >= 0.3 is 11.7 Å². The van der Waals surface area contributed by atoms with Crippen LogP contribution < -0.4 is 5.69 Å². The average molecular weight is 288 g/mol. The monoisotopic (exact) mass is 288 g/mol. The van der Waals surface area contributed by atoms with Crippen LogP contribution in [0.25, 0.3) is 11.0 Å². The topological polar surface area (TPSA) is 75.1 Å². The van der Waals surface area contributed by atoms with Crippen molar-refractivity contribution < 1.29 is 9.90 Å². The molecule has 20 heavy (non-hydrogen) atoms. The molecule has 5 nitrogen and oxygen atoms in total. The molecule has 0 atom stereocenters. The first-order valence-corrected chi connectivity index (χ1v) is 7.06. The number of nitrogens with one attached hydrogen (secondary N) is 1. The maximum absolute atomic E-state index is 11.9. The summed E-state index contributed by atoms with van der Waals surface area (Å²) in [4.78, 5) is 25.6. The molecule has 2 heterocycles. The lowest BCUT2D eigenvalue weighted by atomic mass is 10.2. The van der Waals surface area contributed by atoms with Crippen LogP contribution in [0.5, 0.6) is 0 Å². The summed E-state index contributed by atoms with van der Waals surface area (Å²) in [6.45, 7) is 0.571. The van der Waals surface area contributed by atoms with E-state index in [0.717, 1.165) is 11.9 Å². The number of benzene rings is 1. The molecule has 2 aromatic heterocycles. The Hall–Kier alpha value is -2.34. The van der Waals surface area contributed by atoms with Crippen molar-refractivity contribution in [2.75, 3.05) is 0 Å². The van der Waals surface area contributed by atoms with Gasteiger partial charge in [-0.1, -0.05) is 0 Å². The molecule has 0 unspecified atom stereocenters. The summed E-state index contributed by atoms with van der Waals surface area (Å²) in [5, 5.41) is 13.0. The van der Waals surface area contributed by atoms with E-state index >= 15 is 0 Å². The van der Waals surface area contributed by atoms with Crippen molar-refractivity contribution in [3.8, 4) is 0 Å². The van der Waals surface area contributed by atoms with Gasteiger partial charge in [-0.3, -0.25) is 4.57 Å². The molecule has 2 N–H and O–H groups in total. The summed E-state index contributed by atoms with van der Waals surface area (Å²) in [6.07, 6.45) is 0.775. The van der Waals surface area contributed by atoms with Gasteiger partial charge in [0.15, 0.2) is 0 Å². The van der Waals surface area contributed by atoms with Crippen molar-refractivity contribution in [1.29, 1.82) is 0 Å². The van der Waals surface area contributed by atoms with E-state index in [9.17, 15) is 9.59 Å². The van der Waals surface area contributed by atoms with Crippen molar-refractivity contribution in [3.63, 3.8) is 0 Å². The number of imidazole rings is 1. The van der Waals surface area contributed by atoms with Crippen molar-refractivity contribution >= 4 is 28.3 Å². The minimum Gasteiger partial charge on any atom is -0.478 e. The maximum Gasteiger partial charge on any atom is 0.335 e. The Balaban J connectivity index is 1.96. The highest BCUT2D eigenvalue weighted by atomic mass is 32.1. The van der Waals surface area contributed by atoms with E-state index < -0.39 is 5.97 Å². The highest BCUT2D eigenvalue weighted by Crippen LogP contribution is 2.14. The summed E-state index contributed by atoms with van der Waals surface area (Å²) in [5.41, 5.74) is 2.44. The van der Waals surface area contributed by atoms with E-state index in [1.54, 1.807) is 22.0 Å². The number of nitrogens with zero attached hydrogens (tertiary/aromatic N) is 1. The van der Waals surface area contributed by atoms with E-state index in [1.807, 2.05) is 11.4 Å². The van der Waals surface area contributed by atoms with Crippen molar-refractivity contribution in [2.45, 2.75) is 13.0 Å². The van der Waals surface area contributed by atoms with Gasteiger partial charge in [0.25, 0.3) is 0 Å². The molecule has 3 aromatic rings. The second kappa shape index (κ2) is 4.97. The first kappa shape index (κ1) is 12.7. The largest absolute Gasteiger partial charge is 0.478 e. The molecule has 0 bridgehead atoms. The first-order chi connectivity index (χ1) is 9.65. The standard InChI is InChI=1S/C14H12N2O3S/c17-13(18)10-1-2-12-11(7-10)15-14(19)16(12)5-3-9-4-6-20-8-9/h1-2,4,6-8H,3,5H2,(H,15,19)(H,17,18). The number of H-pyrrole nitrogens is 1. The fourth-order valence-electron chi connectivity index (χ4n) is 2.19. The molecular formula is C14H12N2O3S. The van der Waals surface area contributed by atoms with Crippen molar-refractivity contribution in [3.05, 3.63) is 56.6 Å². The van der Waals surface area contributed by atoms with Gasteiger partial charge in [-0.05, 0) is 47.0 Å². The van der Waals surface area contributed by atoms with Crippen LogP contribution in [0.2, 0.25) is 0 Å². The molecule has 0 fully saturated rings. The number of aromatic amines is 1. The second-order valence-electron chi connectivity index (χ2n) is 4.50. The number of carboxylic acids is 1. The third-order valence-corrected chi connectivity index (χ3v) is 3.96. The van der Waals surface area contributed by atoms with E-state index in [1.165, 1.54) is 17.7 Å².